The van der Waals surface area contributed by atoms with Gasteiger partial charge in [0.1, 0.15) is 11.6 Å². The minimum Gasteiger partial charge on any atom is -0.495 e. The number of aliphatic hydroxyl groups is 1. The van der Waals surface area contributed by atoms with Crippen LogP contribution in [0.15, 0.2) is 12.1 Å². The standard InChI is InChI=1S/C12H19FN2O3/c1-17-12-8-11(9(13)7-10(12)14)15-3-2-5-18-6-4-16/h7-8,15-16H,2-6,14H2,1H3. The van der Waals surface area contributed by atoms with Gasteiger partial charge in [-0.1, -0.05) is 0 Å². The molecule has 0 atom stereocenters. The van der Waals surface area contributed by atoms with Crippen LogP contribution in [0.4, 0.5) is 15.8 Å². The Morgan fingerprint density at radius 3 is 2.83 bits per heavy atom. The van der Waals surface area contributed by atoms with Crippen molar-refractivity contribution in [2.24, 2.45) is 0 Å². The third-order valence-corrected chi connectivity index (χ3v) is 2.34. The molecule has 0 amide bonds. The molecule has 0 aliphatic rings. The third-order valence-electron chi connectivity index (χ3n) is 2.34. The molecule has 0 aromatic heterocycles. The summed E-state index contributed by atoms with van der Waals surface area (Å²) in [6.07, 6.45) is 0.714. The Bertz CT molecular complexity index is 375. The molecule has 5 nitrogen and oxygen atoms in total. The lowest BCUT2D eigenvalue weighted by atomic mass is 10.2. The van der Waals surface area contributed by atoms with Gasteiger partial charge in [0.2, 0.25) is 0 Å². The summed E-state index contributed by atoms with van der Waals surface area (Å²) >= 11 is 0. The first-order valence-corrected chi connectivity index (χ1v) is 5.74. The number of halogens is 1. The molecule has 6 heteroatoms. The van der Waals surface area contributed by atoms with Gasteiger partial charge in [-0.05, 0) is 6.42 Å². The Kier molecular flexibility index (Phi) is 6.24. The highest BCUT2D eigenvalue weighted by molar-refractivity contribution is 5.62. The topological polar surface area (TPSA) is 76.7 Å². The normalized spacial score (nSPS) is 10.4. The number of ether oxygens (including phenoxy) is 2. The lowest BCUT2D eigenvalue weighted by Gasteiger charge is -2.11. The van der Waals surface area contributed by atoms with E-state index in [-0.39, 0.29) is 12.3 Å². The second-order valence-corrected chi connectivity index (χ2v) is 3.69. The van der Waals surface area contributed by atoms with E-state index in [0.29, 0.717) is 37.6 Å². The Labute approximate surface area is 106 Å². The molecule has 1 aromatic rings. The van der Waals surface area contributed by atoms with Crippen LogP contribution in [0, 0.1) is 5.82 Å². The highest BCUT2D eigenvalue weighted by Crippen LogP contribution is 2.28. The molecule has 0 fully saturated rings. The first kappa shape index (κ1) is 14.5. The fourth-order valence-corrected chi connectivity index (χ4v) is 1.44. The quantitative estimate of drug-likeness (QED) is 0.483. The lowest BCUT2D eigenvalue weighted by Crippen LogP contribution is -2.09. The number of methoxy groups -OCH3 is 1. The lowest BCUT2D eigenvalue weighted by molar-refractivity contribution is 0.0922. The average Bonchev–Trinajstić information content (AvgIpc) is 2.36. The molecular formula is C12H19FN2O3. The summed E-state index contributed by atoms with van der Waals surface area (Å²) in [5.41, 5.74) is 6.19. The largest absolute Gasteiger partial charge is 0.495 e. The molecule has 0 radical (unpaired) electrons. The number of nitrogen functional groups attached to an aromatic ring is 1. The van der Waals surface area contributed by atoms with E-state index in [1.807, 2.05) is 0 Å². The molecule has 0 aliphatic carbocycles. The molecular weight excluding hydrogens is 239 g/mol. The summed E-state index contributed by atoms with van der Waals surface area (Å²) in [6, 6.07) is 2.75. The minimum absolute atomic E-state index is 0.0111. The molecule has 4 N–H and O–H groups in total. The van der Waals surface area contributed by atoms with Crippen LogP contribution in [0.3, 0.4) is 0 Å². The van der Waals surface area contributed by atoms with Crippen LogP contribution in [0.5, 0.6) is 5.75 Å². The maximum atomic E-state index is 13.5. The molecule has 1 aromatic carbocycles. The van der Waals surface area contributed by atoms with Crippen LogP contribution >= 0.6 is 0 Å². The number of anilines is 2. The van der Waals surface area contributed by atoms with E-state index in [9.17, 15) is 4.39 Å². The van der Waals surface area contributed by atoms with Crippen LogP contribution in [0.2, 0.25) is 0 Å². The second kappa shape index (κ2) is 7.73. The number of hydrogen-bond acceptors (Lipinski definition) is 5. The van der Waals surface area contributed by atoms with Gasteiger partial charge in [0.05, 0.1) is 31.7 Å². The number of hydrogen-bond donors (Lipinski definition) is 3. The fraction of sp³-hybridized carbons (Fsp3) is 0.500. The number of rotatable bonds is 8. The highest BCUT2D eigenvalue weighted by Gasteiger charge is 2.07. The molecule has 0 bridgehead atoms. The zero-order valence-corrected chi connectivity index (χ0v) is 10.4. The number of aliphatic hydroxyl groups excluding tert-OH is 1. The van der Waals surface area contributed by atoms with Gasteiger partial charge in [0, 0.05) is 25.3 Å². The maximum absolute atomic E-state index is 13.5. The second-order valence-electron chi connectivity index (χ2n) is 3.69. The first-order chi connectivity index (χ1) is 8.69. The van der Waals surface area contributed by atoms with Crippen molar-refractivity contribution in [1.82, 2.24) is 0 Å². The molecule has 0 unspecified atom stereocenters. The van der Waals surface area contributed by atoms with E-state index in [1.165, 1.54) is 19.2 Å². The van der Waals surface area contributed by atoms with Crippen molar-refractivity contribution in [2.75, 3.05) is 44.5 Å². The number of benzene rings is 1. The maximum Gasteiger partial charge on any atom is 0.148 e. The zero-order chi connectivity index (χ0) is 13.4. The van der Waals surface area contributed by atoms with Gasteiger partial charge in [-0.15, -0.1) is 0 Å². The van der Waals surface area contributed by atoms with E-state index in [4.69, 9.17) is 20.3 Å². The van der Waals surface area contributed by atoms with Crippen molar-refractivity contribution < 1.29 is 19.0 Å². The summed E-state index contributed by atoms with van der Waals surface area (Å²) in [5.74, 6) is 0.0278. The summed E-state index contributed by atoms with van der Waals surface area (Å²) in [5, 5.41) is 11.4. The van der Waals surface area contributed by atoms with E-state index in [1.54, 1.807) is 0 Å². The van der Waals surface area contributed by atoms with Gasteiger partial charge in [0.25, 0.3) is 0 Å². The van der Waals surface area contributed by atoms with Crippen molar-refractivity contribution >= 4 is 11.4 Å². The summed E-state index contributed by atoms with van der Waals surface area (Å²) in [7, 11) is 1.48. The van der Waals surface area contributed by atoms with E-state index >= 15 is 0 Å². The van der Waals surface area contributed by atoms with Crippen molar-refractivity contribution in [3.63, 3.8) is 0 Å². The number of nitrogens with two attached hydrogens (primary N) is 1. The van der Waals surface area contributed by atoms with Crippen LogP contribution < -0.4 is 15.8 Å². The third kappa shape index (κ3) is 4.38. The summed E-state index contributed by atoms with van der Waals surface area (Å²) in [6.45, 7) is 1.41. The van der Waals surface area contributed by atoms with Crippen LogP contribution in [0.25, 0.3) is 0 Å². The molecule has 0 saturated heterocycles. The van der Waals surface area contributed by atoms with Crippen molar-refractivity contribution in [2.45, 2.75) is 6.42 Å². The van der Waals surface area contributed by atoms with Crippen LogP contribution in [-0.4, -0.2) is 38.6 Å². The van der Waals surface area contributed by atoms with Gasteiger partial charge in [-0.3, -0.25) is 0 Å². The van der Waals surface area contributed by atoms with Crippen LogP contribution in [-0.2, 0) is 4.74 Å². The first-order valence-electron chi connectivity index (χ1n) is 5.74. The Balaban J connectivity index is 2.42. The molecule has 0 heterocycles. The minimum atomic E-state index is -0.412. The average molecular weight is 258 g/mol. The van der Waals surface area contributed by atoms with E-state index in [0.717, 1.165) is 0 Å². The van der Waals surface area contributed by atoms with Crippen molar-refractivity contribution in [3.8, 4) is 5.75 Å². The predicted molar refractivity (Wildman–Crippen MR) is 68.4 cm³/mol. The SMILES string of the molecule is COc1cc(NCCCOCCO)c(F)cc1N. The molecule has 0 spiro atoms. The van der Waals surface area contributed by atoms with Crippen molar-refractivity contribution in [3.05, 3.63) is 17.9 Å². The Hall–Kier alpha value is -1.53. The fourth-order valence-electron chi connectivity index (χ4n) is 1.44. The summed E-state index contributed by atoms with van der Waals surface area (Å²) in [4.78, 5) is 0. The van der Waals surface area contributed by atoms with Gasteiger partial charge in [0.15, 0.2) is 0 Å². The van der Waals surface area contributed by atoms with E-state index < -0.39 is 5.82 Å². The van der Waals surface area contributed by atoms with Gasteiger partial charge < -0.3 is 25.6 Å². The summed E-state index contributed by atoms with van der Waals surface area (Å²) < 4.78 is 23.6. The molecule has 1 rings (SSSR count). The predicted octanol–water partition coefficient (Wildman–Crippen LogP) is 1.23. The smallest absolute Gasteiger partial charge is 0.148 e. The Morgan fingerprint density at radius 2 is 2.17 bits per heavy atom. The van der Waals surface area contributed by atoms with Crippen molar-refractivity contribution in [1.29, 1.82) is 0 Å². The van der Waals surface area contributed by atoms with Crippen LogP contribution in [0.1, 0.15) is 6.42 Å². The van der Waals surface area contributed by atoms with Gasteiger partial charge >= 0.3 is 0 Å². The molecule has 18 heavy (non-hydrogen) atoms. The van der Waals surface area contributed by atoms with E-state index in [2.05, 4.69) is 5.32 Å². The number of nitrogens with one attached hydrogen (secondary N) is 1. The highest BCUT2D eigenvalue weighted by atomic mass is 19.1. The van der Waals surface area contributed by atoms with Gasteiger partial charge in [-0.2, -0.15) is 0 Å². The molecule has 0 aliphatic heterocycles. The monoisotopic (exact) mass is 258 g/mol. The van der Waals surface area contributed by atoms with Gasteiger partial charge in [-0.25, -0.2) is 4.39 Å². The molecule has 102 valence electrons. The molecule has 0 saturated carbocycles. The Morgan fingerprint density at radius 1 is 1.39 bits per heavy atom. The zero-order valence-electron chi connectivity index (χ0n) is 10.4.